The van der Waals surface area contributed by atoms with E-state index in [1.807, 2.05) is 21.8 Å². The Morgan fingerprint density at radius 2 is 2.30 bits per heavy atom. The van der Waals surface area contributed by atoms with Gasteiger partial charge in [0.1, 0.15) is 0 Å². The number of nitrogens with one attached hydrogen (secondary N) is 1. The largest absolute Gasteiger partial charge is 0.322 e. The van der Waals surface area contributed by atoms with Gasteiger partial charge < -0.3 is 10.2 Å². The monoisotopic (exact) mass is 317 g/mol. The van der Waals surface area contributed by atoms with Crippen LogP contribution in [0.1, 0.15) is 25.7 Å². The van der Waals surface area contributed by atoms with E-state index in [1.54, 1.807) is 6.20 Å². The second-order valence-corrected chi connectivity index (χ2v) is 5.70. The lowest BCUT2D eigenvalue weighted by molar-refractivity contribution is 0.154. The van der Waals surface area contributed by atoms with Gasteiger partial charge in [-0.15, -0.1) is 0 Å². The number of hydrogen-bond acceptors (Lipinski definition) is 3. The number of rotatable bonds is 4. The maximum Gasteiger partial charge on any atom is 0.322 e. The van der Waals surface area contributed by atoms with E-state index in [9.17, 15) is 9.18 Å². The Kier molecular flexibility index (Phi) is 4.85. The molecule has 3 heterocycles. The highest BCUT2D eigenvalue weighted by Gasteiger charge is 2.26. The van der Waals surface area contributed by atoms with Gasteiger partial charge in [-0.3, -0.25) is 4.68 Å². The van der Waals surface area contributed by atoms with Gasteiger partial charge in [-0.05, 0) is 43.9 Å². The average Bonchev–Trinajstić information content (AvgIpc) is 3.09. The normalized spacial score (nSPS) is 18.0. The molecule has 2 aromatic rings. The van der Waals surface area contributed by atoms with E-state index in [1.165, 1.54) is 18.3 Å². The van der Waals surface area contributed by atoms with Crippen LogP contribution in [-0.4, -0.2) is 38.3 Å². The molecule has 122 valence electrons. The van der Waals surface area contributed by atoms with E-state index in [0.717, 1.165) is 38.8 Å². The molecule has 0 bridgehead atoms. The molecule has 23 heavy (non-hydrogen) atoms. The molecule has 0 aromatic carbocycles. The number of urea groups is 1. The van der Waals surface area contributed by atoms with Crippen LogP contribution in [0.2, 0.25) is 0 Å². The number of carbonyl (C=O) groups is 1. The second-order valence-electron chi connectivity index (χ2n) is 5.70. The molecule has 1 N–H and O–H groups in total. The van der Waals surface area contributed by atoms with Crippen molar-refractivity contribution in [2.45, 2.75) is 38.3 Å². The second kappa shape index (κ2) is 7.21. The van der Waals surface area contributed by atoms with Gasteiger partial charge in [-0.2, -0.15) is 9.49 Å². The maximum absolute atomic E-state index is 12.8. The first-order valence-corrected chi connectivity index (χ1v) is 7.89. The number of carbonyl (C=O) groups excluding carboxylic acids is 1. The standard InChI is InChI=1S/C16H20FN5O/c17-15-6-5-13(12-18-15)20-16(23)22-10-2-1-4-14(22)7-11-21-9-3-8-19-21/h3,5-6,8-9,12,14H,1-2,4,7,10-11H2,(H,20,23). The summed E-state index contributed by atoms with van der Waals surface area (Å²) in [5, 5.41) is 7.00. The van der Waals surface area contributed by atoms with Crippen molar-refractivity contribution in [2.24, 2.45) is 0 Å². The van der Waals surface area contributed by atoms with Crippen LogP contribution in [0, 0.1) is 5.95 Å². The Bertz CT molecular complexity index is 628. The van der Waals surface area contributed by atoms with Crippen LogP contribution in [0.15, 0.2) is 36.8 Å². The number of pyridine rings is 1. The summed E-state index contributed by atoms with van der Waals surface area (Å²) in [5.74, 6) is -0.557. The molecule has 1 unspecified atom stereocenters. The van der Waals surface area contributed by atoms with Gasteiger partial charge in [-0.1, -0.05) is 0 Å². The fraction of sp³-hybridized carbons (Fsp3) is 0.438. The predicted molar refractivity (Wildman–Crippen MR) is 84.4 cm³/mol. The Labute approximate surface area is 134 Å². The summed E-state index contributed by atoms with van der Waals surface area (Å²) in [6.45, 7) is 1.53. The lowest BCUT2D eigenvalue weighted by Gasteiger charge is -2.35. The molecule has 1 aliphatic rings. The van der Waals surface area contributed by atoms with E-state index < -0.39 is 5.95 Å². The number of likely N-dealkylation sites (tertiary alicyclic amines) is 1. The first-order chi connectivity index (χ1) is 11.2. The smallest absolute Gasteiger partial charge is 0.321 e. The molecule has 0 aliphatic carbocycles. The molecule has 0 radical (unpaired) electrons. The number of piperidine rings is 1. The SMILES string of the molecule is O=C(Nc1ccc(F)nc1)N1CCCCC1CCn1cccn1. The van der Waals surface area contributed by atoms with Crippen LogP contribution in [-0.2, 0) is 6.54 Å². The van der Waals surface area contributed by atoms with Crippen molar-refractivity contribution in [2.75, 3.05) is 11.9 Å². The van der Waals surface area contributed by atoms with Crippen LogP contribution < -0.4 is 5.32 Å². The van der Waals surface area contributed by atoms with E-state index in [2.05, 4.69) is 15.4 Å². The molecule has 2 aromatic heterocycles. The van der Waals surface area contributed by atoms with Gasteiger partial charge in [0.15, 0.2) is 0 Å². The summed E-state index contributed by atoms with van der Waals surface area (Å²) < 4.78 is 14.7. The summed E-state index contributed by atoms with van der Waals surface area (Å²) in [6, 6.07) is 4.70. The minimum Gasteiger partial charge on any atom is -0.321 e. The van der Waals surface area contributed by atoms with Gasteiger partial charge in [-0.25, -0.2) is 9.78 Å². The van der Waals surface area contributed by atoms with Gasteiger partial charge in [0, 0.05) is 31.5 Å². The van der Waals surface area contributed by atoms with Crippen LogP contribution >= 0.6 is 0 Å². The first-order valence-electron chi connectivity index (χ1n) is 7.89. The average molecular weight is 317 g/mol. The molecule has 3 rings (SSSR count). The number of halogens is 1. The molecular formula is C16H20FN5O. The molecule has 6 nitrogen and oxygen atoms in total. The predicted octanol–water partition coefficient (Wildman–Crippen LogP) is 2.89. The highest BCUT2D eigenvalue weighted by Crippen LogP contribution is 2.21. The molecule has 0 spiro atoms. The van der Waals surface area contributed by atoms with Crippen molar-refractivity contribution in [3.8, 4) is 0 Å². The van der Waals surface area contributed by atoms with Crippen molar-refractivity contribution in [3.05, 3.63) is 42.7 Å². The van der Waals surface area contributed by atoms with Crippen LogP contribution in [0.25, 0.3) is 0 Å². The zero-order valence-corrected chi connectivity index (χ0v) is 12.9. The Hall–Kier alpha value is -2.44. The number of anilines is 1. The van der Waals surface area contributed by atoms with Gasteiger partial charge in [0.2, 0.25) is 5.95 Å². The number of amides is 2. The van der Waals surface area contributed by atoms with Crippen LogP contribution in [0.3, 0.4) is 0 Å². The third-order valence-electron chi connectivity index (χ3n) is 4.12. The summed E-state index contributed by atoms with van der Waals surface area (Å²) in [4.78, 5) is 17.9. The first kappa shape index (κ1) is 15.5. The van der Waals surface area contributed by atoms with Crippen molar-refractivity contribution < 1.29 is 9.18 Å². The summed E-state index contributed by atoms with van der Waals surface area (Å²) in [5.41, 5.74) is 0.507. The lowest BCUT2D eigenvalue weighted by atomic mass is 10.00. The quantitative estimate of drug-likeness (QED) is 0.882. The highest BCUT2D eigenvalue weighted by molar-refractivity contribution is 5.89. The molecule has 1 fully saturated rings. The Balaban J connectivity index is 1.60. The van der Waals surface area contributed by atoms with Crippen LogP contribution in [0.5, 0.6) is 0 Å². The minimum atomic E-state index is -0.557. The number of hydrogen-bond donors (Lipinski definition) is 1. The van der Waals surface area contributed by atoms with Crippen LogP contribution in [0.4, 0.5) is 14.9 Å². The minimum absolute atomic E-state index is 0.149. The topological polar surface area (TPSA) is 63.1 Å². The van der Waals surface area contributed by atoms with Crippen molar-refractivity contribution in [1.82, 2.24) is 19.7 Å². The summed E-state index contributed by atoms with van der Waals surface area (Å²) in [7, 11) is 0. The zero-order valence-electron chi connectivity index (χ0n) is 12.9. The highest BCUT2D eigenvalue weighted by atomic mass is 19.1. The van der Waals surface area contributed by atoms with Gasteiger partial charge in [0.25, 0.3) is 0 Å². The molecule has 1 saturated heterocycles. The Morgan fingerprint density at radius 3 is 3.04 bits per heavy atom. The molecule has 1 atom stereocenters. The number of aromatic nitrogens is 3. The fourth-order valence-electron chi connectivity index (χ4n) is 2.93. The molecule has 2 amide bonds. The third-order valence-corrected chi connectivity index (χ3v) is 4.12. The molecular weight excluding hydrogens is 297 g/mol. The molecule has 7 heteroatoms. The van der Waals surface area contributed by atoms with Crippen molar-refractivity contribution >= 4 is 11.7 Å². The zero-order chi connectivity index (χ0) is 16.1. The Morgan fingerprint density at radius 1 is 1.39 bits per heavy atom. The van der Waals surface area contributed by atoms with E-state index in [4.69, 9.17) is 0 Å². The third kappa shape index (κ3) is 4.06. The molecule has 1 aliphatic heterocycles. The van der Waals surface area contributed by atoms with E-state index >= 15 is 0 Å². The number of nitrogens with zero attached hydrogens (tertiary/aromatic N) is 4. The fourth-order valence-corrected chi connectivity index (χ4v) is 2.93. The summed E-state index contributed by atoms with van der Waals surface area (Å²) >= 11 is 0. The van der Waals surface area contributed by atoms with Gasteiger partial charge in [0.05, 0.1) is 11.9 Å². The van der Waals surface area contributed by atoms with Gasteiger partial charge >= 0.3 is 6.03 Å². The maximum atomic E-state index is 12.8. The number of aryl methyl sites for hydroxylation is 1. The van der Waals surface area contributed by atoms with Crippen molar-refractivity contribution in [1.29, 1.82) is 0 Å². The molecule has 0 saturated carbocycles. The summed E-state index contributed by atoms with van der Waals surface area (Å²) in [6.07, 6.45) is 9.02. The van der Waals surface area contributed by atoms with Crippen molar-refractivity contribution in [3.63, 3.8) is 0 Å². The van der Waals surface area contributed by atoms with E-state index in [0.29, 0.717) is 5.69 Å². The lowest BCUT2D eigenvalue weighted by Crippen LogP contribution is -2.46. The van der Waals surface area contributed by atoms with E-state index in [-0.39, 0.29) is 12.1 Å².